The zero-order chi connectivity index (χ0) is 12.3. The minimum absolute atomic E-state index is 0. The first-order valence-electron chi connectivity index (χ1n) is 6.95. The van der Waals surface area contributed by atoms with Crippen molar-refractivity contribution in [3.05, 3.63) is 0 Å². The van der Waals surface area contributed by atoms with Gasteiger partial charge in [-0.05, 0) is 44.7 Å². The van der Waals surface area contributed by atoms with Crippen LogP contribution in [0.2, 0.25) is 0 Å². The molecule has 2 atom stereocenters. The van der Waals surface area contributed by atoms with Crippen LogP contribution in [0.25, 0.3) is 0 Å². The van der Waals surface area contributed by atoms with E-state index in [2.05, 4.69) is 17.1 Å². The number of likely N-dealkylation sites (tertiary alicyclic amines) is 1. The Kier molecular flexibility index (Phi) is 6.39. The third-order valence-corrected chi connectivity index (χ3v) is 4.33. The molecule has 1 amide bonds. The number of hydrogen-bond acceptors (Lipinski definition) is 3. The van der Waals surface area contributed by atoms with Gasteiger partial charge in [-0.25, -0.2) is 0 Å². The fraction of sp³-hybridized carbons (Fsp3) is 0.923. The summed E-state index contributed by atoms with van der Waals surface area (Å²) in [6.45, 7) is 5.70. The van der Waals surface area contributed by atoms with Gasteiger partial charge in [0.15, 0.2) is 0 Å². The molecule has 2 aliphatic heterocycles. The van der Waals surface area contributed by atoms with Gasteiger partial charge in [-0.15, -0.1) is 12.4 Å². The van der Waals surface area contributed by atoms with E-state index in [0.29, 0.717) is 18.4 Å². The number of nitrogens with two attached hydrogens (primary N) is 1. The van der Waals surface area contributed by atoms with E-state index in [4.69, 9.17) is 5.73 Å². The van der Waals surface area contributed by atoms with Crippen molar-refractivity contribution in [3.63, 3.8) is 0 Å². The fourth-order valence-corrected chi connectivity index (χ4v) is 3.19. The lowest BCUT2D eigenvalue weighted by Crippen LogP contribution is -2.54. The zero-order valence-corrected chi connectivity index (χ0v) is 12.0. The van der Waals surface area contributed by atoms with Gasteiger partial charge in [0.2, 0.25) is 5.91 Å². The Morgan fingerprint density at radius 1 is 1.33 bits per heavy atom. The SMILES string of the molecule is CC1CCCN(C(=O)C2CCNCC2)C1CN.Cl. The third kappa shape index (κ3) is 3.37. The molecule has 4 nitrogen and oxygen atoms in total. The summed E-state index contributed by atoms with van der Waals surface area (Å²) in [4.78, 5) is 14.6. The first-order chi connectivity index (χ1) is 8.24. The Morgan fingerprint density at radius 2 is 2.00 bits per heavy atom. The molecule has 2 unspecified atom stereocenters. The van der Waals surface area contributed by atoms with Crippen LogP contribution in [0.4, 0.5) is 0 Å². The topological polar surface area (TPSA) is 58.4 Å². The molecular weight excluding hydrogens is 250 g/mol. The van der Waals surface area contributed by atoms with Crippen molar-refractivity contribution in [2.45, 2.75) is 38.6 Å². The lowest BCUT2D eigenvalue weighted by molar-refractivity contribution is -0.141. The number of carbonyl (C=O) groups excluding carboxylic acids is 1. The fourth-order valence-electron chi connectivity index (χ4n) is 3.19. The van der Waals surface area contributed by atoms with Crippen molar-refractivity contribution in [1.29, 1.82) is 0 Å². The summed E-state index contributed by atoms with van der Waals surface area (Å²) in [6, 6.07) is 0.270. The van der Waals surface area contributed by atoms with E-state index in [1.807, 2.05) is 0 Å². The van der Waals surface area contributed by atoms with Crippen LogP contribution in [-0.2, 0) is 4.79 Å². The quantitative estimate of drug-likeness (QED) is 0.790. The predicted octanol–water partition coefficient (Wildman–Crippen LogP) is 0.994. The van der Waals surface area contributed by atoms with E-state index < -0.39 is 0 Å². The summed E-state index contributed by atoms with van der Waals surface area (Å²) in [5, 5.41) is 3.31. The van der Waals surface area contributed by atoms with Gasteiger partial charge >= 0.3 is 0 Å². The van der Waals surface area contributed by atoms with Crippen LogP contribution in [0, 0.1) is 11.8 Å². The van der Waals surface area contributed by atoms with Crippen molar-refractivity contribution in [1.82, 2.24) is 10.2 Å². The minimum Gasteiger partial charge on any atom is -0.338 e. The van der Waals surface area contributed by atoms with Crippen molar-refractivity contribution in [3.8, 4) is 0 Å². The highest BCUT2D eigenvalue weighted by Crippen LogP contribution is 2.26. The summed E-state index contributed by atoms with van der Waals surface area (Å²) in [5.74, 6) is 1.14. The summed E-state index contributed by atoms with van der Waals surface area (Å²) < 4.78 is 0. The molecule has 5 heteroatoms. The molecule has 2 heterocycles. The van der Waals surface area contributed by atoms with E-state index in [9.17, 15) is 4.79 Å². The van der Waals surface area contributed by atoms with Crippen molar-refractivity contribution in [2.24, 2.45) is 17.6 Å². The van der Waals surface area contributed by atoms with E-state index >= 15 is 0 Å². The van der Waals surface area contributed by atoms with Gasteiger partial charge in [0.25, 0.3) is 0 Å². The van der Waals surface area contributed by atoms with Crippen LogP contribution in [-0.4, -0.2) is 43.0 Å². The van der Waals surface area contributed by atoms with E-state index in [0.717, 1.165) is 38.9 Å². The second kappa shape index (κ2) is 7.31. The number of halogens is 1. The van der Waals surface area contributed by atoms with Crippen LogP contribution in [0.15, 0.2) is 0 Å². The van der Waals surface area contributed by atoms with Crippen LogP contribution in [0.3, 0.4) is 0 Å². The number of rotatable bonds is 2. The molecule has 0 bridgehead atoms. The molecule has 2 aliphatic rings. The molecule has 18 heavy (non-hydrogen) atoms. The normalized spacial score (nSPS) is 29.8. The maximum atomic E-state index is 12.5. The molecule has 0 spiro atoms. The maximum absolute atomic E-state index is 12.5. The minimum atomic E-state index is 0. The van der Waals surface area contributed by atoms with Crippen LogP contribution >= 0.6 is 12.4 Å². The smallest absolute Gasteiger partial charge is 0.226 e. The van der Waals surface area contributed by atoms with E-state index in [1.54, 1.807) is 0 Å². The Morgan fingerprint density at radius 3 is 2.61 bits per heavy atom. The van der Waals surface area contributed by atoms with Crippen molar-refractivity contribution in [2.75, 3.05) is 26.2 Å². The lowest BCUT2D eigenvalue weighted by Gasteiger charge is -2.41. The number of hydrogen-bond donors (Lipinski definition) is 2. The molecule has 106 valence electrons. The zero-order valence-electron chi connectivity index (χ0n) is 11.2. The highest BCUT2D eigenvalue weighted by atomic mass is 35.5. The molecular formula is C13H26ClN3O. The molecule has 0 radical (unpaired) electrons. The second-order valence-electron chi connectivity index (χ2n) is 5.48. The van der Waals surface area contributed by atoms with E-state index in [1.165, 1.54) is 6.42 Å². The van der Waals surface area contributed by atoms with Crippen molar-refractivity contribution >= 4 is 18.3 Å². The molecule has 0 saturated carbocycles. The molecule has 3 N–H and O–H groups in total. The lowest BCUT2D eigenvalue weighted by atomic mass is 9.88. The van der Waals surface area contributed by atoms with Gasteiger partial charge in [-0.3, -0.25) is 4.79 Å². The first kappa shape index (κ1) is 15.7. The molecule has 0 aliphatic carbocycles. The predicted molar refractivity (Wildman–Crippen MR) is 75.8 cm³/mol. The Bertz CT molecular complexity index is 269. The number of nitrogens with zero attached hydrogens (tertiary/aromatic N) is 1. The van der Waals surface area contributed by atoms with Gasteiger partial charge < -0.3 is 16.0 Å². The summed E-state index contributed by atoms with van der Waals surface area (Å²) in [6.07, 6.45) is 4.31. The van der Waals surface area contributed by atoms with Crippen LogP contribution in [0.5, 0.6) is 0 Å². The Balaban J connectivity index is 0.00000162. The summed E-state index contributed by atoms with van der Waals surface area (Å²) >= 11 is 0. The monoisotopic (exact) mass is 275 g/mol. The standard InChI is InChI=1S/C13H25N3O.ClH/c1-10-3-2-8-16(12(10)9-14)13(17)11-4-6-15-7-5-11;/h10-12,15H,2-9,14H2,1H3;1H. The molecule has 2 saturated heterocycles. The second-order valence-corrected chi connectivity index (χ2v) is 5.48. The van der Waals surface area contributed by atoms with Gasteiger partial charge in [0, 0.05) is 25.0 Å². The summed E-state index contributed by atoms with van der Waals surface area (Å²) in [5.41, 5.74) is 5.85. The Hall–Kier alpha value is -0.320. The Labute approximate surface area is 116 Å². The molecule has 0 aromatic heterocycles. The van der Waals surface area contributed by atoms with Crippen LogP contribution < -0.4 is 11.1 Å². The van der Waals surface area contributed by atoms with Crippen molar-refractivity contribution < 1.29 is 4.79 Å². The number of carbonyl (C=O) groups is 1. The number of nitrogens with one attached hydrogen (secondary N) is 1. The molecule has 0 aromatic carbocycles. The first-order valence-corrected chi connectivity index (χ1v) is 6.95. The highest BCUT2D eigenvalue weighted by Gasteiger charge is 2.34. The molecule has 2 rings (SSSR count). The average molecular weight is 276 g/mol. The van der Waals surface area contributed by atoms with Gasteiger partial charge in [-0.2, -0.15) is 0 Å². The van der Waals surface area contributed by atoms with Gasteiger partial charge in [-0.1, -0.05) is 6.92 Å². The average Bonchev–Trinajstić information content (AvgIpc) is 2.38. The van der Waals surface area contributed by atoms with Crippen LogP contribution in [0.1, 0.15) is 32.6 Å². The number of amides is 1. The molecule has 0 aromatic rings. The van der Waals surface area contributed by atoms with E-state index in [-0.39, 0.29) is 24.4 Å². The summed E-state index contributed by atoms with van der Waals surface area (Å²) in [7, 11) is 0. The maximum Gasteiger partial charge on any atom is 0.226 e. The van der Waals surface area contributed by atoms with Gasteiger partial charge in [0.1, 0.15) is 0 Å². The number of piperidine rings is 2. The van der Waals surface area contributed by atoms with Gasteiger partial charge in [0.05, 0.1) is 0 Å². The largest absolute Gasteiger partial charge is 0.338 e. The molecule has 2 fully saturated rings. The third-order valence-electron chi connectivity index (χ3n) is 4.33. The highest BCUT2D eigenvalue weighted by molar-refractivity contribution is 5.85.